The maximum absolute atomic E-state index is 11.9. The largest absolute Gasteiger partial charge is 0.399 e. The number of nitrogens with one attached hydrogen (secondary N) is 1. The number of nitrogen functional groups attached to an aromatic ring is 1. The van der Waals surface area contributed by atoms with Gasteiger partial charge in [0.15, 0.2) is 0 Å². The van der Waals surface area contributed by atoms with Crippen LogP contribution in [0.1, 0.15) is 19.8 Å². The lowest BCUT2D eigenvalue weighted by atomic mass is 10.2. The van der Waals surface area contributed by atoms with E-state index in [1.54, 1.807) is 36.2 Å². The third kappa shape index (κ3) is 4.06. The van der Waals surface area contributed by atoms with E-state index >= 15 is 0 Å². The van der Waals surface area contributed by atoms with Gasteiger partial charge in [-0.2, -0.15) is 5.10 Å². The predicted octanol–water partition coefficient (Wildman–Crippen LogP) is 2.21. The third-order valence-corrected chi connectivity index (χ3v) is 3.23. The van der Waals surface area contributed by atoms with Gasteiger partial charge in [0, 0.05) is 25.3 Å². The number of rotatable bonds is 6. The van der Waals surface area contributed by atoms with Crippen molar-refractivity contribution in [3.63, 3.8) is 0 Å². The molecule has 1 amide bonds. The van der Waals surface area contributed by atoms with Crippen LogP contribution >= 0.6 is 0 Å². The van der Waals surface area contributed by atoms with Gasteiger partial charge in [0.05, 0.1) is 18.0 Å². The Labute approximate surface area is 123 Å². The maximum atomic E-state index is 11.9. The van der Waals surface area contributed by atoms with Crippen molar-refractivity contribution in [2.24, 2.45) is 0 Å². The van der Waals surface area contributed by atoms with Gasteiger partial charge in [-0.25, -0.2) is 4.68 Å². The number of methoxy groups -OCH3 is 1. The number of carbonyl (C=O) groups is 1. The van der Waals surface area contributed by atoms with Crippen molar-refractivity contribution in [2.45, 2.75) is 25.9 Å². The summed E-state index contributed by atoms with van der Waals surface area (Å²) in [5.74, 6) is 0.575. The number of ether oxygens (including phenoxy) is 1. The smallest absolute Gasteiger partial charge is 0.225 e. The molecular weight excluding hydrogens is 268 g/mol. The monoisotopic (exact) mass is 288 g/mol. The molecule has 1 aromatic carbocycles. The van der Waals surface area contributed by atoms with Gasteiger partial charge < -0.3 is 15.8 Å². The van der Waals surface area contributed by atoms with E-state index < -0.39 is 0 Å². The first-order valence-corrected chi connectivity index (χ1v) is 6.82. The number of benzene rings is 1. The number of nitrogens with zero attached hydrogens (tertiary/aromatic N) is 2. The summed E-state index contributed by atoms with van der Waals surface area (Å²) in [6.45, 7) is 1.94. The Bertz CT molecular complexity index is 592. The summed E-state index contributed by atoms with van der Waals surface area (Å²) in [6, 6.07) is 9.05. The molecule has 0 aliphatic rings. The molecule has 0 saturated carbocycles. The summed E-state index contributed by atoms with van der Waals surface area (Å²) in [4.78, 5) is 11.9. The fourth-order valence-corrected chi connectivity index (χ4v) is 1.88. The van der Waals surface area contributed by atoms with Crippen LogP contribution in [-0.4, -0.2) is 28.9 Å². The summed E-state index contributed by atoms with van der Waals surface area (Å²) < 4.78 is 6.79. The number of hydrogen-bond donors (Lipinski definition) is 2. The second-order valence-corrected chi connectivity index (χ2v) is 4.85. The Balaban J connectivity index is 2.03. The molecule has 0 aliphatic carbocycles. The maximum Gasteiger partial charge on any atom is 0.225 e. The lowest BCUT2D eigenvalue weighted by Gasteiger charge is -2.11. The predicted molar refractivity (Wildman–Crippen MR) is 82.3 cm³/mol. The van der Waals surface area contributed by atoms with E-state index in [1.807, 2.05) is 19.1 Å². The molecule has 0 fully saturated rings. The van der Waals surface area contributed by atoms with E-state index in [-0.39, 0.29) is 12.0 Å². The van der Waals surface area contributed by atoms with Crippen molar-refractivity contribution in [3.05, 3.63) is 36.5 Å². The Morgan fingerprint density at radius 2 is 2.10 bits per heavy atom. The van der Waals surface area contributed by atoms with Crippen molar-refractivity contribution in [1.29, 1.82) is 0 Å². The molecule has 6 heteroatoms. The third-order valence-electron chi connectivity index (χ3n) is 3.23. The topological polar surface area (TPSA) is 82.2 Å². The minimum atomic E-state index is -0.0592. The first-order valence-electron chi connectivity index (χ1n) is 6.82. The second-order valence-electron chi connectivity index (χ2n) is 4.85. The molecule has 1 aromatic heterocycles. The van der Waals surface area contributed by atoms with E-state index in [0.717, 1.165) is 5.69 Å². The van der Waals surface area contributed by atoms with Crippen LogP contribution in [-0.2, 0) is 9.53 Å². The van der Waals surface area contributed by atoms with Crippen LogP contribution in [0.3, 0.4) is 0 Å². The zero-order valence-electron chi connectivity index (χ0n) is 12.2. The fraction of sp³-hybridized carbons (Fsp3) is 0.333. The van der Waals surface area contributed by atoms with E-state index in [0.29, 0.717) is 24.3 Å². The Hall–Kier alpha value is -2.34. The van der Waals surface area contributed by atoms with Gasteiger partial charge in [0.2, 0.25) is 5.91 Å². The molecule has 0 aliphatic heterocycles. The fourth-order valence-electron chi connectivity index (χ4n) is 1.88. The average Bonchev–Trinajstić information content (AvgIpc) is 2.93. The number of anilines is 2. The van der Waals surface area contributed by atoms with Crippen molar-refractivity contribution >= 4 is 17.4 Å². The van der Waals surface area contributed by atoms with Crippen LogP contribution < -0.4 is 11.1 Å². The molecule has 0 spiro atoms. The Morgan fingerprint density at radius 3 is 2.76 bits per heavy atom. The lowest BCUT2D eigenvalue weighted by molar-refractivity contribution is -0.116. The second kappa shape index (κ2) is 6.90. The number of aromatic nitrogens is 2. The highest BCUT2D eigenvalue weighted by Gasteiger charge is 2.10. The summed E-state index contributed by atoms with van der Waals surface area (Å²) >= 11 is 0. The Kier molecular flexibility index (Phi) is 4.94. The van der Waals surface area contributed by atoms with Crippen LogP contribution in [0.2, 0.25) is 0 Å². The quantitative estimate of drug-likeness (QED) is 0.798. The van der Waals surface area contributed by atoms with Gasteiger partial charge in [0.25, 0.3) is 0 Å². The molecule has 1 unspecified atom stereocenters. The first kappa shape index (κ1) is 15.1. The van der Waals surface area contributed by atoms with E-state index in [4.69, 9.17) is 10.5 Å². The number of amides is 1. The number of carbonyl (C=O) groups excluding carboxylic acids is 1. The summed E-state index contributed by atoms with van der Waals surface area (Å²) in [7, 11) is 1.64. The molecule has 1 atom stereocenters. The lowest BCUT2D eigenvalue weighted by Crippen LogP contribution is -2.17. The van der Waals surface area contributed by atoms with Gasteiger partial charge in [0.1, 0.15) is 5.82 Å². The standard InChI is InChI=1S/C15H20N4O2/c1-11(21-2)3-8-15(20)18-14-9-10-17-19(14)13-6-4-12(16)5-7-13/h4-7,9-11H,3,8,16H2,1-2H3,(H,18,20). The highest BCUT2D eigenvalue weighted by Crippen LogP contribution is 2.16. The molecule has 3 N–H and O–H groups in total. The highest BCUT2D eigenvalue weighted by atomic mass is 16.5. The molecule has 6 nitrogen and oxygen atoms in total. The molecule has 2 rings (SSSR count). The van der Waals surface area contributed by atoms with Crippen molar-refractivity contribution in [1.82, 2.24) is 9.78 Å². The van der Waals surface area contributed by atoms with Crippen LogP contribution in [0.15, 0.2) is 36.5 Å². The van der Waals surface area contributed by atoms with Crippen molar-refractivity contribution < 1.29 is 9.53 Å². The van der Waals surface area contributed by atoms with Crippen LogP contribution in [0.25, 0.3) is 5.69 Å². The summed E-state index contributed by atoms with van der Waals surface area (Å²) in [5.41, 5.74) is 7.20. The highest BCUT2D eigenvalue weighted by molar-refractivity contribution is 5.90. The molecule has 1 heterocycles. The molecule has 0 bridgehead atoms. The molecule has 0 saturated heterocycles. The summed E-state index contributed by atoms with van der Waals surface area (Å²) in [5, 5.41) is 7.07. The minimum Gasteiger partial charge on any atom is -0.399 e. The summed E-state index contributed by atoms with van der Waals surface area (Å²) in [6.07, 6.45) is 2.79. The molecule has 2 aromatic rings. The number of hydrogen-bond acceptors (Lipinski definition) is 4. The molecule has 0 radical (unpaired) electrons. The zero-order chi connectivity index (χ0) is 15.2. The van der Waals surface area contributed by atoms with Gasteiger partial charge in [-0.3, -0.25) is 4.79 Å². The zero-order valence-corrected chi connectivity index (χ0v) is 12.2. The van der Waals surface area contributed by atoms with E-state index in [2.05, 4.69) is 10.4 Å². The van der Waals surface area contributed by atoms with Gasteiger partial charge in [-0.1, -0.05) is 0 Å². The molecule has 112 valence electrons. The van der Waals surface area contributed by atoms with E-state index in [9.17, 15) is 4.79 Å². The van der Waals surface area contributed by atoms with E-state index in [1.165, 1.54) is 0 Å². The Morgan fingerprint density at radius 1 is 1.38 bits per heavy atom. The van der Waals surface area contributed by atoms with Gasteiger partial charge in [-0.05, 0) is 37.6 Å². The normalized spacial score (nSPS) is 12.1. The molecule has 21 heavy (non-hydrogen) atoms. The van der Waals surface area contributed by atoms with Crippen LogP contribution in [0, 0.1) is 0 Å². The van der Waals surface area contributed by atoms with Crippen molar-refractivity contribution in [2.75, 3.05) is 18.2 Å². The minimum absolute atomic E-state index is 0.0592. The van der Waals surface area contributed by atoms with Gasteiger partial charge in [-0.15, -0.1) is 0 Å². The SMILES string of the molecule is COC(C)CCC(=O)Nc1ccnn1-c1ccc(N)cc1. The van der Waals surface area contributed by atoms with Crippen LogP contribution in [0.4, 0.5) is 11.5 Å². The first-order chi connectivity index (χ1) is 10.1. The van der Waals surface area contributed by atoms with Crippen molar-refractivity contribution in [3.8, 4) is 5.69 Å². The average molecular weight is 288 g/mol. The number of nitrogens with two attached hydrogens (primary N) is 1. The van der Waals surface area contributed by atoms with Crippen LogP contribution in [0.5, 0.6) is 0 Å². The molecular formula is C15H20N4O2. The van der Waals surface area contributed by atoms with Gasteiger partial charge >= 0.3 is 0 Å².